The van der Waals surface area contributed by atoms with Gasteiger partial charge in [0, 0.05) is 0 Å². The molecule has 114 valence electrons. The van der Waals surface area contributed by atoms with Gasteiger partial charge in [0.1, 0.15) is 30.2 Å². The molecule has 4 atom stereocenters. The Hall–Kier alpha value is -1.81. The summed E-state index contributed by atoms with van der Waals surface area (Å²) in [5.41, 5.74) is 0.905. The Morgan fingerprint density at radius 2 is 2.19 bits per heavy atom. The highest BCUT2D eigenvalue weighted by Crippen LogP contribution is 2.34. The van der Waals surface area contributed by atoms with Crippen LogP contribution in [-0.2, 0) is 4.74 Å². The van der Waals surface area contributed by atoms with E-state index >= 15 is 0 Å². The summed E-state index contributed by atoms with van der Waals surface area (Å²) in [5.74, 6) is 0. The smallest absolute Gasteiger partial charge is 0.300 e. The van der Waals surface area contributed by atoms with E-state index in [1.807, 2.05) is 0 Å². The average Bonchev–Trinajstić information content (AvgIpc) is 2.98. The molecule has 3 rings (SSSR count). The number of ether oxygens (including phenoxy) is 2. The van der Waals surface area contributed by atoms with E-state index in [2.05, 4.69) is 15.0 Å². The highest BCUT2D eigenvalue weighted by Gasteiger charge is 2.45. The van der Waals surface area contributed by atoms with Gasteiger partial charge >= 0.3 is 6.01 Å². The van der Waals surface area contributed by atoms with Crippen LogP contribution in [-0.4, -0.2) is 66.4 Å². The number of aliphatic hydroxyl groups excluding tert-OH is 3. The van der Waals surface area contributed by atoms with Gasteiger partial charge in [0.15, 0.2) is 11.9 Å². The Labute approximate surface area is 119 Å². The molecule has 2 aromatic heterocycles. The quantitative estimate of drug-likeness (QED) is 0.645. The first-order valence-corrected chi connectivity index (χ1v) is 6.60. The van der Waals surface area contributed by atoms with Gasteiger partial charge in [-0.3, -0.25) is 0 Å². The summed E-state index contributed by atoms with van der Waals surface area (Å²) in [4.78, 5) is 12.2. The fourth-order valence-corrected chi connectivity index (χ4v) is 2.38. The predicted molar refractivity (Wildman–Crippen MR) is 69.5 cm³/mol. The third-order valence-electron chi connectivity index (χ3n) is 3.37. The Morgan fingerprint density at radius 3 is 2.86 bits per heavy atom. The molecule has 3 N–H and O–H groups in total. The molecule has 1 fully saturated rings. The van der Waals surface area contributed by atoms with Crippen LogP contribution in [0.5, 0.6) is 6.01 Å². The molecule has 1 saturated heterocycles. The zero-order chi connectivity index (χ0) is 15.0. The molecule has 2 aromatic rings. The van der Waals surface area contributed by atoms with Crippen molar-refractivity contribution in [1.82, 2.24) is 19.5 Å². The summed E-state index contributed by atoms with van der Waals surface area (Å²) >= 11 is 0. The summed E-state index contributed by atoms with van der Waals surface area (Å²) < 4.78 is 12.4. The van der Waals surface area contributed by atoms with Crippen molar-refractivity contribution >= 4 is 11.2 Å². The SMILES string of the molecule is CCOc1nc2cncnc2n1[C@@H]1O[C@H](CO)[C@@H](O)[C@H]1O. The second kappa shape index (κ2) is 5.53. The number of rotatable bonds is 4. The number of hydrogen-bond donors (Lipinski definition) is 3. The van der Waals surface area contributed by atoms with Crippen LogP contribution in [0.25, 0.3) is 11.2 Å². The largest absolute Gasteiger partial charge is 0.465 e. The van der Waals surface area contributed by atoms with Crippen molar-refractivity contribution in [2.45, 2.75) is 31.5 Å². The van der Waals surface area contributed by atoms with Crippen LogP contribution in [0.15, 0.2) is 12.5 Å². The maximum absolute atomic E-state index is 10.1. The molecule has 1 aliphatic heterocycles. The van der Waals surface area contributed by atoms with E-state index in [-0.39, 0.29) is 6.01 Å². The minimum Gasteiger partial charge on any atom is -0.465 e. The first kappa shape index (κ1) is 14.1. The molecule has 0 saturated carbocycles. The van der Waals surface area contributed by atoms with Gasteiger partial charge in [-0.25, -0.2) is 14.5 Å². The van der Waals surface area contributed by atoms with Gasteiger partial charge in [-0.15, -0.1) is 0 Å². The van der Waals surface area contributed by atoms with E-state index < -0.39 is 31.1 Å². The molecule has 0 aliphatic carbocycles. The molecule has 3 heterocycles. The zero-order valence-electron chi connectivity index (χ0n) is 11.3. The molecule has 0 unspecified atom stereocenters. The summed E-state index contributed by atoms with van der Waals surface area (Å²) in [6.07, 6.45) is -1.39. The molecule has 0 amide bonds. The summed E-state index contributed by atoms with van der Waals surface area (Å²) in [6, 6.07) is 0.211. The minimum absolute atomic E-state index is 0.211. The van der Waals surface area contributed by atoms with E-state index in [9.17, 15) is 15.3 Å². The number of aromatic nitrogens is 4. The lowest BCUT2D eigenvalue weighted by atomic mass is 10.1. The van der Waals surface area contributed by atoms with Crippen LogP contribution in [0.1, 0.15) is 13.2 Å². The monoisotopic (exact) mass is 296 g/mol. The number of nitrogens with zero attached hydrogens (tertiary/aromatic N) is 4. The summed E-state index contributed by atoms with van der Waals surface area (Å²) in [6.45, 7) is 1.76. The standard InChI is InChI=1S/C12H16N4O5/c1-2-20-12-15-6-3-13-5-14-10(6)16(12)11-9(19)8(18)7(4-17)21-11/h3,5,7-9,11,17-19H,2,4H2,1H3/t7-,8-,9-,11-/m1/s1. The van der Waals surface area contributed by atoms with Crippen LogP contribution < -0.4 is 4.74 Å². The van der Waals surface area contributed by atoms with Crippen LogP contribution in [0.4, 0.5) is 0 Å². The molecule has 0 bridgehead atoms. The third kappa shape index (κ3) is 2.23. The lowest BCUT2D eigenvalue weighted by Gasteiger charge is -2.18. The maximum atomic E-state index is 10.1. The normalized spacial score (nSPS) is 29.1. The van der Waals surface area contributed by atoms with Crippen LogP contribution in [0, 0.1) is 0 Å². The Balaban J connectivity index is 2.08. The second-order valence-corrected chi connectivity index (χ2v) is 4.66. The third-order valence-corrected chi connectivity index (χ3v) is 3.37. The molecule has 9 nitrogen and oxygen atoms in total. The molecule has 0 radical (unpaired) electrons. The molecule has 0 aromatic carbocycles. The number of imidazole rings is 1. The maximum Gasteiger partial charge on any atom is 0.300 e. The van der Waals surface area contributed by atoms with E-state index in [1.54, 1.807) is 6.92 Å². The van der Waals surface area contributed by atoms with Gasteiger partial charge in [0.05, 0.1) is 19.4 Å². The fraction of sp³-hybridized carbons (Fsp3) is 0.583. The van der Waals surface area contributed by atoms with Crippen molar-refractivity contribution in [1.29, 1.82) is 0 Å². The van der Waals surface area contributed by atoms with Crippen molar-refractivity contribution in [2.24, 2.45) is 0 Å². The fourth-order valence-electron chi connectivity index (χ4n) is 2.38. The summed E-state index contributed by atoms with van der Waals surface area (Å²) in [5, 5.41) is 29.2. The van der Waals surface area contributed by atoms with E-state index in [4.69, 9.17) is 9.47 Å². The molecular weight excluding hydrogens is 280 g/mol. The zero-order valence-corrected chi connectivity index (χ0v) is 11.3. The van der Waals surface area contributed by atoms with E-state index in [1.165, 1.54) is 17.1 Å². The first-order valence-electron chi connectivity index (χ1n) is 6.60. The molecule has 1 aliphatic rings. The van der Waals surface area contributed by atoms with E-state index in [0.717, 1.165) is 0 Å². The lowest BCUT2D eigenvalue weighted by Crippen LogP contribution is -2.33. The average molecular weight is 296 g/mol. The lowest BCUT2D eigenvalue weighted by molar-refractivity contribution is -0.0541. The molecule has 21 heavy (non-hydrogen) atoms. The topological polar surface area (TPSA) is 123 Å². The van der Waals surface area contributed by atoms with Gasteiger partial charge in [0.2, 0.25) is 0 Å². The van der Waals surface area contributed by atoms with Gasteiger partial charge in [-0.2, -0.15) is 4.98 Å². The van der Waals surface area contributed by atoms with Crippen LogP contribution >= 0.6 is 0 Å². The number of fused-ring (bicyclic) bond motifs is 1. The second-order valence-electron chi connectivity index (χ2n) is 4.66. The Morgan fingerprint density at radius 1 is 1.38 bits per heavy atom. The van der Waals surface area contributed by atoms with Gasteiger partial charge in [0.25, 0.3) is 0 Å². The molecule has 9 heteroatoms. The van der Waals surface area contributed by atoms with E-state index in [0.29, 0.717) is 17.8 Å². The van der Waals surface area contributed by atoms with Gasteiger partial charge in [-0.05, 0) is 6.92 Å². The molecule has 0 spiro atoms. The summed E-state index contributed by atoms with van der Waals surface area (Å²) in [7, 11) is 0. The van der Waals surface area contributed by atoms with Crippen molar-refractivity contribution < 1.29 is 24.8 Å². The number of hydrogen-bond acceptors (Lipinski definition) is 8. The number of aliphatic hydroxyl groups is 3. The predicted octanol–water partition coefficient (Wildman–Crippen LogP) is -1.16. The van der Waals surface area contributed by atoms with Crippen LogP contribution in [0.3, 0.4) is 0 Å². The van der Waals surface area contributed by atoms with Gasteiger partial charge < -0.3 is 24.8 Å². The van der Waals surface area contributed by atoms with Crippen molar-refractivity contribution in [2.75, 3.05) is 13.2 Å². The van der Waals surface area contributed by atoms with Gasteiger partial charge in [-0.1, -0.05) is 0 Å². The molecular formula is C12H16N4O5. The van der Waals surface area contributed by atoms with Crippen molar-refractivity contribution in [3.63, 3.8) is 0 Å². The van der Waals surface area contributed by atoms with Crippen molar-refractivity contribution in [3.8, 4) is 6.01 Å². The Bertz CT molecular complexity index is 633. The van der Waals surface area contributed by atoms with Crippen molar-refractivity contribution in [3.05, 3.63) is 12.5 Å². The Kier molecular flexibility index (Phi) is 3.72. The highest BCUT2D eigenvalue weighted by atomic mass is 16.6. The van der Waals surface area contributed by atoms with Crippen LogP contribution in [0.2, 0.25) is 0 Å². The highest BCUT2D eigenvalue weighted by molar-refractivity contribution is 5.71. The first-order chi connectivity index (χ1) is 10.2. The minimum atomic E-state index is -1.23.